The summed E-state index contributed by atoms with van der Waals surface area (Å²) in [6.45, 7) is 5.57. The van der Waals surface area contributed by atoms with Gasteiger partial charge in [0, 0.05) is 0 Å². The van der Waals surface area contributed by atoms with Gasteiger partial charge >= 0.3 is 5.97 Å². The SMILES string of the molecule is COC(=O)Cc1cc(C)ccc1S(=O)(=O)CC(C)C. The molecule has 0 amide bonds. The minimum absolute atomic E-state index is 0.0230. The van der Waals surface area contributed by atoms with Crippen LogP contribution in [0.5, 0.6) is 0 Å². The van der Waals surface area contributed by atoms with Gasteiger partial charge in [0.2, 0.25) is 0 Å². The molecule has 0 radical (unpaired) electrons. The van der Waals surface area contributed by atoms with Crippen LogP contribution in [-0.4, -0.2) is 27.2 Å². The number of aryl methyl sites for hydroxylation is 1. The van der Waals surface area contributed by atoms with Gasteiger partial charge in [-0.15, -0.1) is 0 Å². The molecule has 0 unspecified atom stereocenters. The zero-order valence-electron chi connectivity index (χ0n) is 11.8. The highest BCUT2D eigenvalue weighted by molar-refractivity contribution is 7.91. The Labute approximate surface area is 114 Å². The van der Waals surface area contributed by atoms with Crippen LogP contribution in [0.2, 0.25) is 0 Å². The average molecular weight is 284 g/mol. The Balaban J connectivity index is 3.23. The fourth-order valence-electron chi connectivity index (χ4n) is 1.91. The zero-order valence-corrected chi connectivity index (χ0v) is 12.6. The van der Waals surface area contributed by atoms with Crippen molar-refractivity contribution in [2.45, 2.75) is 32.1 Å². The van der Waals surface area contributed by atoms with Crippen molar-refractivity contribution >= 4 is 15.8 Å². The van der Waals surface area contributed by atoms with Crippen LogP contribution < -0.4 is 0 Å². The van der Waals surface area contributed by atoms with Crippen molar-refractivity contribution in [1.82, 2.24) is 0 Å². The first-order valence-corrected chi connectivity index (χ1v) is 7.80. The van der Waals surface area contributed by atoms with Crippen LogP contribution in [0.4, 0.5) is 0 Å². The molecule has 1 aromatic rings. The molecule has 0 saturated heterocycles. The maximum atomic E-state index is 12.3. The lowest BCUT2D eigenvalue weighted by atomic mass is 10.1. The summed E-state index contributed by atoms with van der Waals surface area (Å²) < 4.78 is 29.2. The molecule has 1 rings (SSSR count). The molecule has 19 heavy (non-hydrogen) atoms. The molecule has 0 atom stereocenters. The van der Waals surface area contributed by atoms with Gasteiger partial charge in [-0.05, 0) is 24.5 Å². The van der Waals surface area contributed by atoms with E-state index in [0.717, 1.165) is 5.56 Å². The van der Waals surface area contributed by atoms with Crippen molar-refractivity contribution in [2.75, 3.05) is 12.9 Å². The minimum atomic E-state index is -3.37. The van der Waals surface area contributed by atoms with E-state index in [1.54, 1.807) is 18.2 Å². The normalized spacial score (nSPS) is 11.6. The third-order valence-corrected chi connectivity index (χ3v) is 4.84. The number of methoxy groups -OCH3 is 1. The lowest BCUT2D eigenvalue weighted by Gasteiger charge is -2.12. The number of esters is 1. The summed E-state index contributed by atoms with van der Waals surface area (Å²) in [5, 5.41) is 0. The molecule has 0 aliphatic heterocycles. The van der Waals surface area contributed by atoms with Gasteiger partial charge in [-0.3, -0.25) is 4.79 Å². The zero-order chi connectivity index (χ0) is 14.6. The second-order valence-corrected chi connectivity index (χ2v) is 7.04. The van der Waals surface area contributed by atoms with E-state index < -0.39 is 15.8 Å². The van der Waals surface area contributed by atoms with E-state index in [0.29, 0.717) is 5.56 Å². The van der Waals surface area contributed by atoms with E-state index in [9.17, 15) is 13.2 Å². The van der Waals surface area contributed by atoms with Crippen LogP contribution in [-0.2, 0) is 25.8 Å². The number of benzene rings is 1. The Morgan fingerprint density at radius 3 is 2.47 bits per heavy atom. The molecule has 0 saturated carbocycles. The van der Waals surface area contributed by atoms with Crippen molar-refractivity contribution in [1.29, 1.82) is 0 Å². The molecule has 0 bridgehead atoms. The molecule has 0 aliphatic carbocycles. The molecule has 0 spiro atoms. The van der Waals surface area contributed by atoms with Crippen LogP contribution in [0.3, 0.4) is 0 Å². The van der Waals surface area contributed by atoms with Gasteiger partial charge < -0.3 is 4.74 Å². The summed E-state index contributed by atoms with van der Waals surface area (Å²) >= 11 is 0. The summed E-state index contributed by atoms with van der Waals surface area (Å²) in [5.41, 5.74) is 1.43. The number of ether oxygens (including phenoxy) is 1. The summed E-state index contributed by atoms with van der Waals surface area (Å²) in [5.74, 6) is -0.326. The number of carbonyl (C=O) groups excluding carboxylic acids is 1. The van der Waals surface area contributed by atoms with Crippen molar-refractivity contribution in [2.24, 2.45) is 5.92 Å². The maximum Gasteiger partial charge on any atom is 0.310 e. The summed E-state index contributed by atoms with van der Waals surface area (Å²) in [6, 6.07) is 5.05. The van der Waals surface area contributed by atoms with E-state index in [2.05, 4.69) is 4.74 Å². The standard InChI is InChI=1S/C14H20O4S/c1-10(2)9-19(16,17)13-6-5-11(3)7-12(13)8-14(15)18-4/h5-7,10H,8-9H2,1-4H3. The van der Waals surface area contributed by atoms with E-state index in [1.807, 2.05) is 20.8 Å². The van der Waals surface area contributed by atoms with E-state index in [-0.39, 0.29) is 23.0 Å². The van der Waals surface area contributed by atoms with Crippen molar-refractivity contribution in [3.8, 4) is 0 Å². The smallest absolute Gasteiger partial charge is 0.310 e. The van der Waals surface area contributed by atoms with Crippen LogP contribution in [0, 0.1) is 12.8 Å². The summed E-state index contributed by atoms with van der Waals surface area (Å²) in [6.07, 6.45) is -0.0230. The first kappa shape index (κ1) is 15.7. The maximum absolute atomic E-state index is 12.3. The van der Waals surface area contributed by atoms with Crippen molar-refractivity contribution in [3.63, 3.8) is 0 Å². The number of carbonyl (C=O) groups is 1. The third kappa shape index (κ3) is 4.35. The fraction of sp³-hybridized carbons (Fsp3) is 0.500. The molecule has 0 N–H and O–H groups in total. The Morgan fingerprint density at radius 2 is 1.95 bits per heavy atom. The van der Waals surface area contributed by atoms with Gasteiger partial charge in [0.1, 0.15) is 0 Å². The van der Waals surface area contributed by atoms with Gasteiger partial charge in [-0.25, -0.2) is 8.42 Å². The predicted molar refractivity (Wildman–Crippen MR) is 73.8 cm³/mol. The number of hydrogen-bond donors (Lipinski definition) is 0. The molecular weight excluding hydrogens is 264 g/mol. The second-order valence-electron chi connectivity index (χ2n) is 5.04. The Morgan fingerprint density at radius 1 is 1.32 bits per heavy atom. The average Bonchev–Trinajstić information content (AvgIpc) is 2.26. The largest absolute Gasteiger partial charge is 0.469 e. The highest BCUT2D eigenvalue weighted by Crippen LogP contribution is 2.21. The van der Waals surface area contributed by atoms with Gasteiger partial charge in [0.15, 0.2) is 9.84 Å². The van der Waals surface area contributed by atoms with E-state index >= 15 is 0 Å². The highest BCUT2D eigenvalue weighted by Gasteiger charge is 2.21. The van der Waals surface area contributed by atoms with Crippen LogP contribution in [0.25, 0.3) is 0 Å². The molecule has 1 aromatic carbocycles. The Hall–Kier alpha value is -1.36. The topological polar surface area (TPSA) is 60.4 Å². The highest BCUT2D eigenvalue weighted by atomic mass is 32.2. The monoisotopic (exact) mass is 284 g/mol. The number of rotatable bonds is 5. The van der Waals surface area contributed by atoms with Crippen molar-refractivity contribution in [3.05, 3.63) is 29.3 Å². The predicted octanol–water partition coefficient (Wildman–Crippen LogP) is 2.14. The van der Waals surface area contributed by atoms with Gasteiger partial charge in [0.05, 0.1) is 24.2 Å². The van der Waals surface area contributed by atoms with E-state index in [4.69, 9.17) is 0 Å². The molecule has 5 heteroatoms. The lowest BCUT2D eigenvalue weighted by molar-refractivity contribution is -0.139. The molecular formula is C14H20O4S. The van der Waals surface area contributed by atoms with Gasteiger partial charge in [0.25, 0.3) is 0 Å². The molecule has 4 nitrogen and oxygen atoms in total. The summed E-state index contributed by atoms with van der Waals surface area (Å²) in [7, 11) is -2.08. The number of hydrogen-bond acceptors (Lipinski definition) is 4. The van der Waals surface area contributed by atoms with Crippen LogP contribution in [0.15, 0.2) is 23.1 Å². The van der Waals surface area contributed by atoms with Crippen LogP contribution in [0.1, 0.15) is 25.0 Å². The Bertz CT molecular complexity index is 559. The molecule has 0 aliphatic rings. The lowest BCUT2D eigenvalue weighted by Crippen LogP contribution is -2.16. The van der Waals surface area contributed by atoms with E-state index in [1.165, 1.54) is 7.11 Å². The third-order valence-electron chi connectivity index (χ3n) is 2.67. The summed E-state index contributed by atoms with van der Waals surface area (Å²) in [4.78, 5) is 11.6. The fourth-order valence-corrected chi connectivity index (χ4v) is 3.77. The molecule has 0 fully saturated rings. The van der Waals surface area contributed by atoms with Crippen molar-refractivity contribution < 1.29 is 17.9 Å². The van der Waals surface area contributed by atoms with Crippen LogP contribution >= 0.6 is 0 Å². The quantitative estimate of drug-likeness (QED) is 0.777. The molecule has 0 aromatic heterocycles. The Kier molecular flexibility index (Phi) is 5.11. The first-order valence-electron chi connectivity index (χ1n) is 6.15. The minimum Gasteiger partial charge on any atom is -0.469 e. The van der Waals surface area contributed by atoms with Gasteiger partial charge in [-0.1, -0.05) is 31.5 Å². The van der Waals surface area contributed by atoms with Gasteiger partial charge in [-0.2, -0.15) is 0 Å². The number of sulfone groups is 1. The molecule has 106 valence electrons. The first-order chi connectivity index (χ1) is 8.76. The second kappa shape index (κ2) is 6.19. The molecule has 0 heterocycles.